The van der Waals surface area contributed by atoms with Crippen molar-refractivity contribution >= 4 is 29.2 Å². The Morgan fingerprint density at radius 3 is 2.76 bits per heavy atom. The van der Waals surface area contributed by atoms with Gasteiger partial charge in [0, 0.05) is 12.2 Å². The molecule has 1 aromatic rings. The molecule has 2 rings (SSSR count). The third kappa shape index (κ3) is 2.10. The number of amides is 1. The maximum absolute atomic E-state index is 13.0. The smallest absolute Gasteiger partial charge is 0.316 e. The van der Waals surface area contributed by atoms with Crippen LogP contribution in [0, 0.1) is 11.7 Å². The Balaban J connectivity index is 2.27. The van der Waals surface area contributed by atoms with Crippen molar-refractivity contribution in [1.82, 2.24) is 0 Å². The zero-order chi connectivity index (χ0) is 12.6. The van der Waals surface area contributed by atoms with Crippen LogP contribution in [0.15, 0.2) is 18.2 Å². The van der Waals surface area contributed by atoms with Crippen molar-refractivity contribution in [2.45, 2.75) is 6.42 Å². The van der Waals surface area contributed by atoms with Gasteiger partial charge >= 0.3 is 5.97 Å². The van der Waals surface area contributed by atoms with Gasteiger partial charge in [0.25, 0.3) is 0 Å². The molecule has 1 fully saturated rings. The van der Waals surface area contributed by atoms with E-state index in [1.807, 2.05) is 0 Å². The second kappa shape index (κ2) is 4.33. The Bertz CT molecular complexity index is 492. The van der Waals surface area contributed by atoms with Gasteiger partial charge in [0.15, 0.2) is 0 Å². The standard InChI is InChI=1S/C11H9ClFNO3/c12-8-5-6(1-2-9(8)13)14-4-3-7(10(14)15)11(16)17/h1-2,5,7H,3-4H2,(H,16,17)/t7-/m1/s1. The quantitative estimate of drug-likeness (QED) is 0.824. The molecule has 90 valence electrons. The lowest BCUT2D eigenvalue weighted by atomic mass is 10.1. The van der Waals surface area contributed by atoms with Gasteiger partial charge in [-0.25, -0.2) is 4.39 Å². The largest absolute Gasteiger partial charge is 0.481 e. The Morgan fingerprint density at radius 2 is 2.24 bits per heavy atom. The molecule has 17 heavy (non-hydrogen) atoms. The zero-order valence-corrected chi connectivity index (χ0v) is 9.45. The first kappa shape index (κ1) is 11.9. The minimum absolute atomic E-state index is 0.0888. The summed E-state index contributed by atoms with van der Waals surface area (Å²) in [4.78, 5) is 23.8. The maximum atomic E-state index is 13.0. The lowest BCUT2D eigenvalue weighted by Crippen LogP contribution is -2.30. The van der Waals surface area contributed by atoms with Gasteiger partial charge in [0.05, 0.1) is 5.02 Å². The first-order chi connectivity index (χ1) is 8.00. The van der Waals surface area contributed by atoms with Crippen molar-refractivity contribution in [3.8, 4) is 0 Å². The molecule has 1 aliphatic heterocycles. The van der Waals surface area contributed by atoms with Crippen LogP contribution in [-0.4, -0.2) is 23.5 Å². The van der Waals surface area contributed by atoms with Crippen LogP contribution >= 0.6 is 11.6 Å². The third-order valence-electron chi connectivity index (χ3n) is 2.72. The van der Waals surface area contributed by atoms with E-state index in [1.54, 1.807) is 0 Å². The number of carboxylic acid groups (broad SMARTS) is 1. The van der Waals surface area contributed by atoms with Gasteiger partial charge < -0.3 is 10.0 Å². The number of hydrogen-bond acceptors (Lipinski definition) is 2. The highest BCUT2D eigenvalue weighted by molar-refractivity contribution is 6.31. The molecule has 0 saturated carbocycles. The molecule has 1 heterocycles. The fourth-order valence-electron chi connectivity index (χ4n) is 1.82. The van der Waals surface area contributed by atoms with Gasteiger partial charge in [-0.2, -0.15) is 0 Å². The molecule has 1 amide bonds. The van der Waals surface area contributed by atoms with Gasteiger partial charge in [-0.15, -0.1) is 0 Å². The van der Waals surface area contributed by atoms with E-state index in [1.165, 1.54) is 17.0 Å². The molecule has 0 spiro atoms. The second-order valence-corrected chi connectivity index (χ2v) is 4.17. The van der Waals surface area contributed by atoms with Crippen LogP contribution in [-0.2, 0) is 9.59 Å². The molecule has 1 atom stereocenters. The number of nitrogens with zero attached hydrogens (tertiary/aromatic N) is 1. The van der Waals surface area contributed by atoms with Crippen molar-refractivity contribution in [2.24, 2.45) is 5.92 Å². The molecular weight excluding hydrogens is 249 g/mol. The van der Waals surface area contributed by atoms with E-state index in [-0.39, 0.29) is 11.4 Å². The predicted molar refractivity (Wildman–Crippen MR) is 59.5 cm³/mol. The van der Waals surface area contributed by atoms with E-state index < -0.39 is 23.6 Å². The van der Waals surface area contributed by atoms with Gasteiger partial charge in [-0.3, -0.25) is 9.59 Å². The van der Waals surface area contributed by atoms with Gasteiger partial charge in [-0.05, 0) is 24.6 Å². The molecule has 0 radical (unpaired) electrons. The number of anilines is 1. The minimum atomic E-state index is -1.13. The molecule has 0 aromatic heterocycles. The summed E-state index contributed by atoms with van der Waals surface area (Å²) in [6, 6.07) is 3.88. The molecule has 4 nitrogen and oxygen atoms in total. The summed E-state index contributed by atoms with van der Waals surface area (Å²) in [6.45, 7) is 0.303. The predicted octanol–water partition coefficient (Wildman–Crippen LogP) is 1.92. The average molecular weight is 258 g/mol. The highest BCUT2D eigenvalue weighted by Crippen LogP contribution is 2.28. The van der Waals surface area contributed by atoms with Crippen molar-refractivity contribution in [1.29, 1.82) is 0 Å². The SMILES string of the molecule is O=C(O)[C@@H]1CCN(c2ccc(F)c(Cl)c2)C1=O. The van der Waals surface area contributed by atoms with Crippen LogP contribution in [0.4, 0.5) is 10.1 Å². The van der Waals surface area contributed by atoms with E-state index in [0.717, 1.165) is 6.07 Å². The highest BCUT2D eigenvalue weighted by Gasteiger charge is 2.37. The normalized spacial score (nSPS) is 19.8. The lowest BCUT2D eigenvalue weighted by Gasteiger charge is -2.16. The van der Waals surface area contributed by atoms with Gasteiger partial charge in [0.1, 0.15) is 11.7 Å². The van der Waals surface area contributed by atoms with Crippen LogP contribution in [0.3, 0.4) is 0 Å². The number of hydrogen-bond donors (Lipinski definition) is 1. The maximum Gasteiger partial charge on any atom is 0.316 e. The Hall–Kier alpha value is -1.62. The van der Waals surface area contributed by atoms with E-state index in [0.29, 0.717) is 12.2 Å². The van der Waals surface area contributed by atoms with Crippen molar-refractivity contribution in [2.75, 3.05) is 11.4 Å². The monoisotopic (exact) mass is 257 g/mol. The zero-order valence-electron chi connectivity index (χ0n) is 8.69. The Morgan fingerprint density at radius 1 is 1.53 bits per heavy atom. The van der Waals surface area contributed by atoms with E-state index in [4.69, 9.17) is 16.7 Å². The molecule has 1 N–H and O–H groups in total. The summed E-state index contributed by atoms with van der Waals surface area (Å²) < 4.78 is 13.0. The topological polar surface area (TPSA) is 57.6 Å². The molecule has 0 bridgehead atoms. The fourth-order valence-corrected chi connectivity index (χ4v) is 1.99. The van der Waals surface area contributed by atoms with Crippen LogP contribution in [0.2, 0.25) is 5.02 Å². The molecule has 1 aromatic carbocycles. The van der Waals surface area contributed by atoms with Crippen molar-refractivity contribution < 1.29 is 19.1 Å². The third-order valence-corrected chi connectivity index (χ3v) is 3.01. The number of benzene rings is 1. The number of carbonyl (C=O) groups excluding carboxylic acids is 1. The van der Waals surface area contributed by atoms with E-state index >= 15 is 0 Å². The first-order valence-corrected chi connectivity index (χ1v) is 5.37. The molecule has 6 heteroatoms. The first-order valence-electron chi connectivity index (χ1n) is 5.00. The van der Waals surface area contributed by atoms with Gasteiger partial charge in [0.2, 0.25) is 5.91 Å². The molecule has 0 unspecified atom stereocenters. The number of rotatable bonds is 2. The number of carboxylic acids is 1. The Labute approximate surface area is 102 Å². The minimum Gasteiger partial charge on any atom is -0.481 e. The van der Waals surface area contributed by atoms with Crippen molar-refractivity contribution in [3.05, 3.63) is 29.0 Å². The summed E-state index contributed by atoms with van der Waals surface area (Å²) in [7, 11) is 0. The Kier molecular flexibility index (Phi) is 3.02. The van der Waals surface area contributed by atoms with E-state index in [2.05, 4.69) is 0 Å². The fraction of sp³-hybridized carbons (Fsp3) is 0.273. The van der Waals surface area contributed by atoms with Crippen LogP contribution < -0.4 is 4.90 Å². The molecule has 1 saturated heterocycles. The van der Waals surface area contributed by atoms with E-state index in [9.17, 15) is 14.0 Å². The summed E-state index contributed by atoms with van der Waals surface area (Å²) in [5.74, 6) is -3.21. The highest BCUT2D eigenvalue weighted by atomic mass is 35.5. The van der Waals surface area contributed by atoms with Crippen LogP contribution in [0.1, 0.15) is 6.42 Å². The molecule has 1 aliphatic rings. The van der Waals surface area contributed by atoms with Crippen LogP contribution in [0.25, 0.3) is 0 Å². The number of carbonyl (C=O) groups is 2. The summed E-state index contributed by atoms with van der Waals surface area (Å²) in [5.41, 5.74) is 0.421. The second-order valence-electron chi connectivity index (χ2n) is 3.77. The summed E-state index contributed by atoms with van der Waals surface area (Å²) >= 11 is 5.61. The summed E-state index contributed by atoms with van der Waals surface area (Å²) in [5, 5.41) is 8.72. The lowest BCUT2D eigenvalue weighted by molar-refractivity contribution is -0.144. The molecular formula is C11H9ClFNO3. The van der Waals surface area contributed by atoms with Crippen LogP contribution in [0.5, 0.6) is 0 Å². The van der Waals surface area contributed by atoms with Gasteiger partial charge in [-0.1, -0.05) is 11.6 Å². The number of halogens is 2. The number of aliphatic carboxylic acids is 1. The molecule has 0 aliphatic carbocycles. The average Bonchev–Trinajstić information content (AvgIpc) is 2.64. The van der Waals surface area contributed by atoms with Crippen molar-refractivity contribution in [3.63, 3.8) is 0 Å². The summed E-state index contributed by atoms with van der Waals surface area (Å²) in [6.07, 6.45) is 0.253.